The van der Waals surface area contributed by atoms with E-state index in [-0.39, 0.29) is 0 Å². The Morgan fingerprint density at radius 2 is 1.93 bits per heavy atom. The highest BCUT2D eigenvalue weighted by molar-refractivity contribution is 6.31. The van der Waals surface area contributed by atoms with Crippen LogP contribution in [0.4, 0.5) is 5.69 Å². The first-order chi connectivity index (χ1) is 6.68. The Balaban J connectivity index is 2.60. The number of benzene rings is 1. The van der Waals surface area contributed by atoms with Gasteiger partial charge in [0, 0.05) is 5.02 Å². The third-order valence-electron chi connectivity index (χ3n) is 2.00. The molecule has 0 aliphatic heterocycles. The standard InChI is InChI=1S/C9H9ClN4/c1-6-2-8(11)9(3-7(6)10)14-4-12-13-5-14/h2-5H,11H2,1H3. The summed E-state index contributed by atoms with van der Waals surface area (Å²) < 4.78 is 1.72. The van der Waals surface area contributed by atoms with Gasteiger partial charge in [-0.3, -0.25) is 4.57 Å². The number of hydrogen-bond donors (Lipinski definition) is 1. The largest absolute Gasteiger partial charge is 0.397 e. The minimum Gasteiger partial charge on any atom is -0.397 e. The summed E-state index contributed by atoms with van der Waals surface area (Å²) in [7, 11) is 0. The molecule has 1 aromatic heterocycles. The minimum absolute atomic E-state index is 0.659. The number of aryl methyl sites for hydroxylation is 1. The highest BCUT2D eigenvalue weighted by atomic mass is 35.5. The Labute approximate surface area is 86.3 Å². The summed E-state index contributed by atoms with van der Waals surface area (Å²) in [5.74, 6) is 0. The Hall–Kier alpha value is -1.55. The van der Waals surface area contributed by atoms with Crippen molar-refractivity contribution < 1.29 is 0 Å². The topological polar surface area (TPSA) is 56.7 Å². The Morgan fingerprint density at radius 1 is 1.29 bits per heavy atom. The van der Waals surface area contributed by atoms with Crippen molar-refractivity contribution in [1.82, 2.24) is 14.8 Å². The first-order valence-electron chi connectivity index (χ1n) is 4.09. The lowest BCUT2D eigenvalue weighted by atomic mass is 10.2. The van der Waals surface area contributed by atoms with Crippen molar-refractivity contribution >= 4 is 17.3 Å². The van der Waals surface area contributed by atoms with Gasteiger partial charge >= 0.3 is 0 Å². The van der Waals surface area contributed by atoms with E-state index in [1.807, 2.05) is 13.0 Å². The first-order valence-corrected chi connectivity index (χ1v) is 4.47. The first kappa shape index (κ1) is 9.02. The zero-order valence-corrected chi connectivity index (χ0v) is 8.36. The Kier molecular flexibility index (Phi) is 2.13. The summed E-state index contributed by atoms with van der Waals surface area (Å²) in [6.07, 6.45) is 3.16. The predicted molar refractivity (Wildman–Crippen MR) is 55.5 cm³/mol. The van der Waals surface area contributed by atoms with Crippen LogP contribution in [0, 0.1) is 6.92 Å². The molecule has 0 aliphatic carbocycles. The molecule has 14 heavy (non-hydrogen) atoms. The number of halogens is 1. The molecule has 1 aromatic carbocycles. The smallest absolute Gasteiger partial charge is 0.123 e. The van der Waals surface area contributed by atoms with Gasteiger partial charge in [0.1, 0.15) is 12.7 Å². The zero-order chi connectivity index (χ0) is 10.1. The summed E-state index contributed by atoms with van der Waals surface area (Å²) in [5.41, 5.74) is 8.26. The van der Waals surface area contributed by atoms with Gasteiger partial charge in [0.15, 0.2) is 0 Å². The monoisotopic (exact) mass is 208 g/mol. The second kappa shape index (κ2) is 3.31. The average Bonchev–Trinajstić information content (AvgIpc) is 2.64. The fourth-order valence-corrected chi connectivity index (χ4v) is 1.40. The van der Waals surface area contributed by atoms with Crippen LogP contribution in [-0.4, -0.2) is 14.8 Å². The number of rotatable bonds is 1. The molecule has 0 saturated heterocycles. The maximum atomic E-state index is 5.99. The summed E-state index contributed by atoms with van der Waals surface area (Å²) in [6.45, 7) is 1.91. The van der Waals surface area contributed by atoms with Crippen molar-refractivity contribution in [2.45, 2.75) is 6.92 Å². The van der Waals surface area contributed by atoms with E-state index in [4.69, 9.17) is 17.3 Å². The molecule has 2 rings (SSSR count). The van der Waals surface area contributed by atoms with E-state index >= 15 is 0 Å². The normalized spacial score (nSPS) is 10.4. The number of nitrogen functional groups attached to an aromatic ring is 1. The fourth-order valence-electron chi connectivity index (χ4n) is 1.24. The van der Waals surface area contributed by atoms with Crippen LogP contribution in [0.25, 0.3) is 5.69 Å². The van der Waals surface area contributed by atoms with Crippen molar-refractivity contribution in [3.05, 3.63) is 35.4 Å². The molecule has 5 heteroatoms. The lowest BCUT2D eigenvalue weighted by molar-refractivity contribution is 1.06. The third kappa shape index (κ3) is 1.44. The van der Waals surface area contributed by atoms with E-state index in [0.717, 1.165) is 11.3 Å². The molecule has 0 atom stereocenters. The fraction of sp³-hybridized carbons (Fsp3) is 0.111. The molecule has 2 N–H and O–H groups in total. The minimum atomic E-state index is 0.659. The maximum Gasteiger partial charge on any atom is 0.123 e. The number of nitrogens with zero attached hydrogens (tertiary/aromatic N) is 3. The van der Waals surface area contributed by atoms with E-state index in [1.54, 1.807) is 23.3 Å². The van der Waals surface area contributed by atoms with Crippen LogP contribution >= 0.6 is 11.6 Å². The summed E-state index contributed by atoms with van der Waals surface area (Å²) in [4.78, 5) is 0. The number of hydrogen-bond acceptors (Lipinski definition) is 3. The van der Waals surface area contributed by atoms with Gasteiger partial charge in [-0.2, -0.15) is 0 Å². The molecule has 1 heterocycles. The van der Waals surface area contributed by atoms with Gasteiger partial charge in [-0.05, 0) is 24.6 Å². The van der Waals surface area contributed by atoms with Crippen molar-refractivity contribution in [1.29, 1.82) is 0 Å². The van der Waals surface area contributed by atoms with Crippen LogP contribution in [0.1, 0.15) is 5.56 Å². The molecule has 4 nitrogen and oxygen atoms in total. The molecule has 72 valence electrons. The van der Waals surface area contributed by atoms with Crippen molar-refractivity contribution in [3.8, 4) is 5.69 Å². The Bertz CT molecular complexity index is 450. The van der Waals surface area contributed by atoms with E-state index in [9.17, 15) is 0 Å². The molecule has 0 amide bonds. The molecule has 0 fully saturated rings. The average molecular weight is 209 g/mol. The van der Waals surface area contributed by atoms with Gasteiger partial charge in [0.25, 0.3) is 0 Å². The van der Waals surface area contributed by atoms with E-state index < -0.39 is 0 Å². The van der Waals surface area contributed by atoms with Crippen molar-refractivity contribution in [2.75, 3.05) is 5.73 Å². The molecule has 0 spiro atoms. The van der Waals surface area contributed by atoms with Crippen LogP contribution < -0.4 is 5.73 Å². The quantitative estimate of drug-likeness (QED) is 0.728. The molecule has 0 unspecified atom stereocenters. The molecular weight excluding hydrogens is 200 g/mol. The van der Waals surface area contributed by atoms with Gasteiger partial charge in [0.05, 0.1) is 11.4 Å². The SMILES string of the molecule is Cc1cc(N)c(-n2cnnc2)cc1Cl. The third-order valence-corrected chi connectivity index (χ3v) is 2.41. The van der Waals surface area contributed by atoms with Crippen LogP contribution in [-0.2, 0) is 0 Å². The Morgan fingerprint density at radius 3 is 2.57 bits per heavy atom. The van der Waals surface area contributed by atoms with Gasteiger partial charge in [-0.15, -0.1) is 10.2 Å². The zero-order valence-electron chi connectivity index (χ0n) is 7.61. The van der Waals surface area contributed by atoms with E-state index in [2.05, 4.69) is 10.2 Å². The van der Waals surface area contributed by atoms with Crippen molar-refractivity contribution in [3.63, 3.8) is 0 Å². The van der Waals surface area contributed by atoms with Gasteiger partial charge < -0.3 is 5.73 Å². The van der Waals surface area contributed by atoms with Gasteiger partial charge in [0.2, 0.25) is 0 Å². The van der Waals surface area contributed by atoms with Crippen LogP contribution in [0.5, 0.6) is 0 Å². The molecule has 0 radical (unpaired) electrons. The summed E-state index contributed by atoms with van der Waals surface area (Å²) in [5, 5.41) is 8.10. The molecule has 2 aromatic rings. The van der Waals surface area contributed by atoms with Crippen LogP contribution in [0.15, 0.2) is 24.8 Å². The molecular formula is C9H9ClN4. The molecule has 0 aliphatic rings. The van der Waals surface area contributed by atoms with E-state index in [1.165, 1.54) is 0 Å². The highest BCUT2D eigenvalue weighted by Crippen LogP contribution is 2.25. The van der Waals surface area contributed by atoms with Gasteiger partial charge in [-0.25, -0.2) is 0 Å². The highest BCUT2D eigenvalue weighted by Gasteiger charge is 2.05. The summed E-state index contributed by atoms with van der Waals surface area (Å²) in [6, 6.07) is 3.63. The van der Waals surface area contributed by atoms with Crippen LogP contribution in [0.2, 0.25) is 5.02 Å². The summed E-state index contributed by atoms with van der Waals surface area (Å²) >= 11 is 5.99. The van der Waals surface area contributed by atoms with Crippen molar-refractivity contribution in [2.24, 2.45) is 0 Å². The van der Waals surface area contributed by atoms with E-state index in [0.29, 0.717) is 10.7 Å². The second-order valence-corrected chi connectivity index (χ2v) is 3.44. The number of nitrogens with two attached hydrogens (primary N) is 1. The lowest BCUT2D eigenvalue weighted by Crippen LogP contribution is -1.98. The number of aromatic nitrogens is 3. The maximum absolute atomic E-state index is 5.99. The molecule has 0 saturated carbocycles. The van der Waals surface area contributed by atoms with Crippen LogP contribution in [0.3, 0.4) is 0 Å². The second-order valence-electron chi connectivity index (χ2n) is 3.03. The molecule has 0 bridgehead atoms. The number of anilines is 1. The lowest BCUT2D eigenvalue weighted by Gasteiger charge is -2.07. The predicted octanol–water partition coefficient (Wildman–Crippen LogP) is 1.81. The van der Waals surface area contributed by atoms with Gasteiger partial charge in [-0.1, -0.05) is 11.6 Å².